The summed E-state index contributed by atoms with van der Waals surface area (Å²) in [5.41, 5.74) is 1.81. The molecule has 1 aromatic heterocycles. The number of amides is 3. The highest BCUT2D eigenvalue weighted by molar-refractivity contribution is 7.15. The number of thiazole rings is 1. The van der Waals surface area contributed by atoms with Crippen molar-refractivity contribution in [3.05, 3.63) is 40.9 Å². The first kappa shape index (κ1) is 19.2. The van der Waals surface area contributed by atoms with Gasteiger partial charge >= 0.3 is 0 Å². The molecular formula is C22H24N4O3S. The van der Waals surface area contributed by atoms with Crippen molar-refractivity contribution in [3.63, 3.8) is 0 Å². The van der Waals surface area contributed by atoms with Gasteiger partial charge < -0.3 is 15.1 Å². The second-order valence-electron chi connectivity index (χ2n) is 8.26. The third-order valence-corrected chi connectivity index (χ3v) is 7.29. The third-order valence-electron chi connectivity index (χ3n) is 6.29. The van der Waals surface area contributed by atoms with Crippen molar-refractivity contribution in [1.29, 1.82) is 0 Å². The molecule has 7 nitrogen and oxygen atoms in total. The largest absolute Gasteiger partial charge is 0.337 e. The summed E-state index contributed by atoms with van der Waals surface area (Å²) in [6.45, 7) is 1.53. The van der Waals surface area contributed by atoms with Crippen molar-refractivity contribution in [2.24, 2.45) is 11.8 Å². The van der Waals surface area contributed by atoms with Gasteiger partial charge in [0.05, 0.1) is 18.2 Å². The maximum absolute atomic E-state index is 13.1. The third kappa shape index (κ3) is 3.60. The zero-order chi connectivity index (χ0) is 20.7. The fourth-order valence-corrected chi connectivity index (χ4v) is 5.33. The molecule has 3 aliphatic rings. The van der Waals surface area contributed by atoms with Crippen LogP contribution >= 0.6 is 11.3 Å². The number of nitrogens with zero attached hydrogens (tertiary/aromatic N) is 3. The molecule has 3 amide bonds. The molecule has 1 aliphatic carbocycles. The molecule has 1 N–H and O–H groups in total. The number of anilines is 2. The maximum atomic E-state index is 13.1. The van der Waals surface area contributed by atoms with E-state index in [4.69, 9.17) is 0 Å². The van der Waals surface area contributed by atoms with Gasteiger partial charge in [-0.05, 0) is 25.0 Å². The van der Waals surface area contributed by atoms with E-state index in [0.29, 0.717) is 31.2 Å². The average molecular weight is 425 g/mol. The zero-order valence-electron chi connectivity index (χ0n) is 16.7. The van der Waals surface area contributed by atoms with Crippen molar-refractivity contribution in [2.45, 2.75) is 38.6 Å². The van der Waals surface area contributed by atoms with E-state index in [9.17, 15) is 14.4 Å². The van der Waals surface area contributed by atoms with Gasteiger partial charge in [-0.25, -0.2) is 4.98 Å². The molecule has 5 rings (SSSR count). The van der Waals surface area contributed by atoms with Crippen LogP contribution in [0.25, 0.3) is 0 Å². The number of carbonyl (C=O) groups excluding carboxylic acids is 3. The molecule has 2 aliphatic heterocycles. The normalized spacial score (nSPS) is 21.3. The maximum Gasteiger partial charge on any atom is 0.229 e. The van der Waals surface area contributed by atoms with Crippen molar-refractivity contribution in [2.75, 3.05) is 23.3 Å². The number of carbonyl (C=O) groups is 3. The number of benzene rings is 1. The van der Waals surface area contributed by atoms with Crippen molar-refractivity contribution >= 4 is 39.9 Å². The Hall–Kier alpha value is -2.74. The second-order valence-corrected chi connectivity index (χ2v) is 9.34. The van der Waals surface area contributed by atoms with E-state index >= 15 is 0 Å². The number of nitrogens with one attached hydrogen (secondary N) is 1. The van der Waals surface area contributed by atoms with E-state index in [1.54, 1.807) is 4.90 Å². The van der Waals surface area contributed by atoms with Crippen LogP contribution in [-0.4, -0.2) is 40.7 Å². The van der Waals surface area contributed by atoms with E-state index in [1.807, 2.05) is 35.2 Å². The number of fused-ring (bicyclic) bond motifs is 1. The Bertz CT molecular complexity index is 986. The lowest BCUT2D eigenvalue weighted by molar-refractivity contribution is -0.136. The van der Waals surface area contributed by atoms with Crippen LogP contribution in [0, 0.1) is 11.8 Å². The molecule has 1 saturated heterocycles. The molecule has 1 saturated carbocycles. The van der Waals surface area contributed by atoms with Gasteiger partial charge in [0.25, 0.3) is 0 Å². The molecule has 2 aromatic rings. The highest BCUT2D eigenvalue weighted by atomic mass is 32.1. The first-order valence-electron chi connectivity index (χ1n) is 10.5. The lowest BCUT2D eigenvalue weighted by Crippen LogP contribution is -2.40. The molecule has 1 unspecified atom stereocenters. The highest BCUT2D eigenvalue weighted by Crippen LogP contribution is 2.33. The molecule has 156 valence electrons. The highest BCUT2D eigenvalue weighted by Gasteiger charge is 2.38. The van der Waals surface area contributed by atoms with Crippen LogP contribution < -0.4 is 10.2 Å². The van der Waals surface area contributed by atoms with Crippen LogP contribution in [0.3, 0.4) is 0 Å². The number of aromatic nitrogens is 1. The van der Waals surface area contributed by atoms with Gasteiger partial charge in [-0.2, -0.15) is 0 Å². The molecular weight excluding hydrogens is 400 g/mol. The molecule has 8 heteroatoms. The monoisotopic (exact) mass is 424 g/mol. The molecule has 3 heterocycles. The average Bonchev–Trinajstić information content (AvgIpc) is 3.28. The Morgan fingerprint density at radius 3 is 2.67 bits per heavy atom. The van der Waals surface area contributed by atoms with E-state index in [-0.39, 0.29) is 36.0 Å². The predicted octanol–water partition coefficient (Wildman–Crippen LogP) is 2.82. The predicted molar refractivity (Wildman–Crippen MR) is 114 cm³/mol. The van der Waals surface area contributed by atoms with Gasteiger partial charge in [0.1, 0.15) is 0 Å². The van der Waals surface area contributed by atoms with E-state index < -0.39 is 0 Å². The molecule has 0 bridgehead atoms. The van der Waals surface area contributed by atoms with Gasteiger partial charge in [-0.3, -0.25) is 14.4 Å². The second kappa shape index (κ2) is 7.83. The molecule has 1 atom stereocenters. The molecule has 0 spiro atoms. The fraction of sp³-hybridized carbons (Fsp3) is 0.455. The Morgan fingerprint density at radius 1 is 1.13 bits per heavy atom. The van der Waals surface area contributed by atoms with Gasteiger partial charge in [0.15, 0.2) is 5.13 Å². The van der Waals surface area contributed by atoms with Gasteiger partial charge in [0.2, 0.25) is 17.7 Å². The van der Waals surface area contributed by atoms with Crippen molar-refractivity contribution in [3.8, 4) is 0 Å². The Kier molecular flexibility index (Phi) is 5.02. The minimum atomic E-state index is -0.315. The minimum Gasteiger partial charge on any atom is -0.337 e. The summed E-state index contributed by atoms with van der Waals surface area (Å²) in [6.07, 6.45) is 3.97. The smallest absolute Gasteiger partial charge is 0.229 e. The molecule has 1 aromatic carbocycles. The Labute approximate surface area is 179 Å². The lowest BCUT2D eigenvalue weighted by atomic mass is 9.85. The van der Waals surface area contributed by atoms with Crippen LogP contribution in [0.5, 0.6) is 0 Å². The topological polar surface area (TPSA) is 82.6 Å². The number of hydrogen-bond acceptors (Lipinski definition) is 5. The van der Waals surface area contributed by atoms with Crippen LogP contribution in [0.15, 0.2) is 30.3 Å². The van der Waals surface area contributed by atoms with Gasteiger partial charge in [-0.15, -0.1) is 0 Å². The summed E-state index contributed by atoms with van der Waals surface area (Å²) in [6, 6.07) is 9.50. The van der Waals surface area contributed by atoms with E-state index in [2.05, 4.69) is 10.3 Å². The summed E-state index contributed by atoms with van der Waals surface area (Å²) in [4.78, 5) is 46.9. The standard InChI is InChI=1S/C22H24N4O3S/c27-19-11-15(12-26(19)16-7-2-1-3-8-16)21(29)25-10-9-17-18(13-25)30-22(23-17)24-20(28)14-5-4-6-14/h1-3,7-8,14-15H,4-6,9-13H2,(H,23,24,28). The minimum absolute atomic E-state index is 0.00367. The lowest BCUT2D eigenvalue weighted by Gasteiger charge is -2.28. The molecule has 2 fully saturated rings. The van der Waals surface area contributed by atoms with Gasteiger partial charge in [-0.1, -0.05) is 36.0 Å². The molecule has 0 radical (unpaired) electrons. The van der Waals surface area contributed by atoms with Crippen LogP contribution in [0.4, 0.5) is 10.8 Å². The van der Waals surface area contributed by atoms with E-state index in [1.165, 1.54) is 11.3 Å². The Balaban J connectivity index is 1.23. The molecule has 30 heavy (non-hydrogen) atoms. The summed E-state index contributed by atoms with van der Waals surface area (Å²) in [5, 5.41) is 3.58. The quantitative estimate of drug-likeness (QED) is 0.818. The summed E-state index contributed by atoms with van der Waals surface area (Å²) in [5.74, 6) is -0.107. The summed E-state index contributed by atoms with van der Waals surface area (Å²) in [7, 11) is 0. The SMILES string of the molecule is O=C(Nc1nc2c(s1)CN(C(=O)C1CC(=O)N(c3ccccc3)C1)CC2)C1CCC1. The number of para-hydroxylation sites is 1. The summed E-state index contributed by atoms with van der Waals surface area (Å²) >= 11 is 1.46. The van der Waals surface area contributed by atoms with Crippen LogP contribution in [0.1, 0.15) is 36.3 Å². The fourth-order valence-electron chi connectivity index (χ4n) is 4.30. The Morgan fingerprint density at radius 2 is 1.93 bits per heavy atom. The summed E-state index contributed by atoms with van der Waals surface area (Å²) < 4.78 is 0. The first-order valence-corrected chi connectivity index (χ1v) is 11.3. The number of hydrogen-bond donors (Lipinski definition) is 1. The van der Waals surface area contributed by atoms with Crippen molar-refractivity contribution < 1.29 is 14.4 Å². The first-order chi connectivity index (χ1) is 14.6. The zero-order valence-corrected chi connectivity index (χ0v) is 17.5. The van der Waals surface area contributed by atoms with Crippen LogP contribution in [0.2, 0.25) is 0 Å². The van der Waals surface area contributed by atoms with Crippen LogP contribution in [-0.2, 0) is 27.3 Å². The van der Waals surface area contributed by atoms with E-state index in [0.717, 1.165) is 35.5 Å². The van der Waals surface area contributed by atoms with Gasteiger partial charge in [0, 0.05) is 42.4 Å². The number of rotatable bonds is 4. The van der Waals surface area contributed by atoms with Crippen molar-refractivity contribution in [1.82, 2.24) is 9.88 Å².